The van der Waals surface area contributed by atoms with Crippen molar-refractivity contribution >= 4 is 33.1 Å². The largest absolute Gasteiger partial charge is 0.488 e. The number of nitrogens with zero attached hydrogens (tertiary/aromatic N) is 1. The summed E-state index contributed by atoms with van der Waals surface area (Å²) in [6.07, 6.45) is 2.06. The molecule has 9 heteroatoms. The van der Waals surface area contributed by atoms with Crippen LogP contribution in [0.1, 0.15) is 24.5 Å². The first kappa shape index (κ1) is 15.3. The molecule has 1 atom stereocenters. The number of benzene rings is 1. The van der Waals surface area contributed by atoms with Crippen LogP contribution in [0.15, 0.2) is 30.5 Å². The van der Waals surface area contributed by atoms with Gasteiger partial charge in [-0.2, -0.15) is 8.42 Å². The number of piperidine rings is 1. The highest BCUT2D eigenvalue weighted by atomic mass is 32.3. The van der Waals surface area contributed by atoms with Crippen LogP contribution in [0.4, 0.5) is 3.89 Å². The van der Waals surface area contributed by atoms with Crippen LogP contribution in [-0.2, 0) is 20.1 Å². The number of pyridine rings is 1. The van der Waals surface area contributed by atoms with Gasteiger partial charge in [-0.15, -0.1) is 0 Å². The standard InChI is InChI=1S/C14H11FN2O5S/c15-23(20,21)22-10-2-1-8-6-12(16-7-9(8)5-10)11-3-4-13(18)17-14(11)19/h1-2,5-7,11H,3-4H2,(H,17,18,19). The fourth-order valence-electron chi connectivity index (χ4n) is 2.47. The van der Waals surface area contributed by atoms with Crippen molar-refractivity contribution < 1.29 is 26.1 Å². The summed E-state index contributed by atoms with van der Waals surface area (Å²) < 4.78 is 37.6. The summed E-state index contributed by atoms with van der Waals surface area (Å²) in [6, 6.07) is 5.83. The van der Waals surface area contributed by atoms with Gasteiger partial charge in [0, 0.05) is 18.0 Å². The average Bonchev–Trinajstić information content (AvgIpc) is 2.45. The average molecular weight is 338 g/mol. The van der Waals surface area contributed by atoms with Gasteiger partial charge in [0.15, 0.2) is 0 Å². The van der Waals surface area contributed by atoms with Crippen molar-refractivity contribution in [1.29, 1.82) is 0 Å². The summed E-state index contributed by atoms with van der Waals surface area (Å²) in [5, 5.41) is 3.48. The van der Waals surface area contributed by atoms with Crippen molar-refractivity contribution in [2.45, 2.75) is 18.8 Å². The minimum Gasteiger partial charge on any atom is -0.358 e. The van der Waals surface area contributed by atoms with E-state index in [0.29, 0.717) is 22.9 Å². The van der Waals surface area contributed by atoms with Crippen molar-refractivity contribution in [3.05, 3.63) is 36.2 Å². The lowest BCUT2D eigenvalue weighted by atomic mass is 9.93. The van der Waals surface area contributed by atoms with Gasteiger partial charge < -0.3 is 4.18 Å². The number of hydrogen-bond acceptors (Lipinski definition) is 6. The lowest BCUT2D eigenvalue weighted by Gasteiger charge is -2.20. The van der Waals surface area contributed by atoms with Crippen LogP contribution >= 0.6 is 0 Å². The monoisotopic (exact) mass is 338 g/mol. The number of aromatic nitrogens is 1. The lowest BCUT2D eigenvalue weighted by Crippen LogP contribution is -2.39. The Labute approximate surface area is 130 Å². The molecule has 120 valence electrons. The highest BCUT2D eigenvalue weighted by Gasteiger charge is 2.29. The molecule has 1 aliphatic rings. The van der Waals surface area contributed by atoms with E-state index in [-0.39, 0.29) is 18.1 Å². The third kappa shape index (κ3) is 3.45. The summed E-state index contributed by atoms with van der Waals surface area (Å²) in [6.45, 7) is 0. The Morgan fingerprint density at radius 1 is 1.22 bits per heavy atom. The number of fused-ring (bicyclic) bond motifs is 1. The van der Waals surface area contributed by atoms with Crippen molar-refractivity contribution in [3.63, 3.8) is 0 Å². The molecular weight excluding hydrogens is 327 g/mol. The Morgan fingerprint density at radius 2 is 2.00 bits per heavy atom. The van der Waals surface area contributed by atoms with Gasteiger partial charge in [-0.3, -0.25) is 19.9 Å². The van der Waals surface area contributed by atoms with E-state index in [1.165, 1.54) is 24.4 Å². The van der Waals surface area contributed by atoms with Crippen LogP contribution in [0, 0.1) is 0 Å². The molecule has 0 spiro atoms. The lowest BCUT2D eigenvalue weighted by molar-refractivity contribution is -0.134. The molecule has 1 aliphatic heterocycles. The molecule has 0 aliphatic carbocycles. The third-order valence-electron chi connectivity index (χ3n) is 3.51. The summed E-state index contributed by atoms with van der Waals surface area (Å²) in [5.41, 5.74) is 0.509. The van der Waals surface area contributed by atoms with Crippen molar-refractivity contribution in [1.82, 2.24) is 10.3 Å². The fraction of sp³-hybridized carbons (Fsp3) is 0.214. The van der Waals surface area contributed by atoms with Gasteiger partial charge in [-0.05, 0) is 30.0 Å². The van der Waals surface area contributed by atoms with Gasteiger partial charge in [0.1, 0.15) is 5.75 Å². The highest BCUT2D eigenvalue weighted by molar-refractivity contribution is 7.81. The number of rotatable bonds is 3. The zero-order valence-electron chi connectivity index (χ0n) is 11.7. The summed E-state index contributed by atoms with van der Waals surface area (Å²) in [7, 11) is -5.09. The zero-order chi connectivity index (χ0) is 16.6. The van der Waals surface area contributed by atoms with E-state index in [1.54, 1.807) is 6.07 Å². The number of nitrogens with one attached hydrogen (secondary N) is 1. The van der Waals surface area contributed by atoms with Gasteiger partial charge >= 0.3 is 10.5 Å². The maximum Gasteiger partial charge on any atom is 0.488 e. The molecule has 2 aromatic rings. The first-order valence-electron chi connectivity index (χ1n) is 6.69. The molecule has 7 nitrogen and oxygen atoms in total. The van der Waals surface area contributed by atoms with Crippen LogP contribution in [0.2, 0.25) is 0 Å². The van der Waals surface area contributed by atoms with Crippen molar-refractivity contribution in [2.24, 2.45) is 0 Å². The smallest absolute Gasteiger partial charge is 0.358 e. The van der Waals surface area contributed by atoms with Gasteiger partial charge in [0.2, 0.25) is 11.8 Å². The maximum absolute atomic E-state index is 12.5. The van der Waals surface area contributed by atoms with E-state index in [2.05, 4.69) is 14.5 Å². The van der Waals surface area contributed by atoms with E-state index in [9.17, 15) is 21.9 Å². The van der Waals surface area contributed by atoms with Crippen LogP contribution in [-0.4, -0.2) is 25.2 Å². The molecule has 1 saturated heterocycles. The van der Waals surface area contributed by atoms with Gasteiger partial charge in [0.25, 0.3) is 0 Å². The van der Waals surface area contributed by atoms with Gasteiger partial charge in [0.05, 0.1) is 11.6 Å². The highest BCUT2D eigenvalue weighted by Crippen LogP contribution is 2.27. The van der Waals surface area contributed by atoms with Gasteiger partial charge in [-0.25, -0.2) is 0 Å². The minimum absolute atomic E-state index is 0.171. The topological polar surface area (TPSA) is 102 Å². The molecule has 0 radical (unpaired) electrons. The second-order valence-corrected chi connectivity index (χ2v) is 6.05. The first-order valence-corrected chi connectivity index (χ1v) is 8.00. The fourth-order valence-corrected chi connectivity index (χ4v) is 2.80. The first-order chi connectivity index (χ1) is 10.8. The Balaban J connectivity index is 1.92. The maximum atomic E-state index is 12.5. The SMILES string of the molecule is O=C1CCC(c2cc3ccc(OS(=O)(=O)F)cc3cn2)C(=O)N1. The third-order valence-corrected chi connectivity index (χ3v) is 3.90. The Hall–Kier alpha value is -2.55. The van der Waals surface area contributed by atoms with E-state index in [1.807, 2.05) is 0 Å². The predicted octanol–water partition coefficient (Wildman–Crippen LogP) is 1.35. The van der Waals surface area contributed by atoms with Crippen LogP contribution in [0.5, 0.6) is 5.75 Å². The van der Waals surface area contributed by atoms with Crippen LogP contribution in [0.3, 0.4) is 0 Å². The zero-order valence-corrected chi connectivity index (χ0v) is 12.5. The molecule has 1 aromatic heterocycles. The summed E-state index contributed by atoms with van der Waals surface area (Å²) >= 11 is 0. The molecule has 1 aromatic carbocycles. The molecule has 0 saturated carbocycles. The Bertz CT molecular complexity index is 913. The molecule has 0 bridgehead atoms. The second kappa shape index (κ2) is 5.58. The predicted molar refractivity (Wildman–Crippen MR) is 77.5 cm³/mol. The molecule has 1 fully saturated rings. The van der Waals surface area contributed by atoms with Crippen LogP contribution < -0.4 is 9.50 Å². The van der Waals surface area contributed by atoms with Crippen molar-refractivity contribution in [3.8, 4) is 5.75 Å². The normalized spacial score (nSPS) is 18.7. The summed E-state index contributed by atoms with van der Waals surface area (Å²) in [4.78, 5) is 27.2. The number of carbonyl (C=O) groups is 2. The van der Waals surface area contributed by atoms with Crippen LogP contribution in [0.25, 0.3) is 10.8 Å². The quantitative estimate of drug-likeness (QED) is 0.669. The van der Waals surface area contributed by atoms with E-state index in [4.69, 9.17) is 0 Å². The molecule has 2 heterocycles. The molecular formula is C14H11FN2O5S. The molecule has 23 heavy (non-hydrogen) atoms. The summed E-state index contributed by atoms with van der Waals surface area (Å²) in [5.74, 6) is -1.38. The van der Waals surface area contributed by atoms with Crippen molar-refractivity contribution in [2.75, 3.05) is 0 Å². The molecule has 1 N–H and O–H groups in total. The molecule has 3 rings (SSSR count). The number of imide groups is 1. The number of carbonyl (C=O) groups excluding carboxylic acids is 2. The molecule has 2 amide bonds. The number of halogens is 1. The molecule has 1 unspecified atom stereocenters. The Kier molecular flexibility index (Phi) is 3.72. The van der Waals surface area contributed by atoms with E-state index >= 15 is 0 Å². The van der Waals surface area contributed by atoms with E-state index in [0.717, 1.165) is 0 Å². The van der Waals surface area contributed by atoms with E-state index < -0.39 is 22.3 Å². The number of amides is 2. The number of hydrogen-bond donors (Lipinski definition) is 1. The minimum atomic E-state index is -5.09. The second-order valence-electron chi connectivity index (χ2n) is 5.10. The van der Waals surface area contributed by atoms with Gasteiger partial charge in [-0.1, -0.05) is 9.95 Å². The Morgan fingerprint density at radius 3 is 2.70 bits per heavy atom.